The fourth-order valence-corrected chi connectivity index (χ4v) is 3.44. The van der Waals surface area contributed by atoms with E-state index in [-0.39, 0.29) is 18.6 Å². The van der Waals surface area contributed by atoms with Crippen molar-refractivity contribution in [1.82, 2.24) is 5.32 Å². The van der Waals surface area contributed by atoms with E-state index >= 15 is 0 Å². The molecule has 11 heteroatoms. The lowest BCUT2D eigenvalue weighted by atomic mass is 10.2. The first-order chi connectivity index (χ1) is 12.9. The Bertz CT molecular complexity index is 706. The van der Waals surface area contributed by atoms with Crippen molar-refractivity contribution in [2.24, 2.45) is 0 Å². The normalized spacial score (nSPS) is 19.7. The number of hydrogen-bond acceptors (Lipinski definition) is 10. The van der Waals surface area contributed by atoms with Crippen LogP contribution in [0.15, 0.2) is 30.3 Å². The van der Waals surface area contributed by atoms with Gasteiger partial charge in [0.15, 0.2) is 4.87 Å². The zero-order valence-electron chi connectivity index (χ0n) is 14.4. The van der Waals surface area contributed by atoms with Gasteiger partial charge in [-0.05, 0) is 50.2 Å². The standard InChI is InChI=1S/C16H18N2O8S/c1-2-24-15(21)27-16(9-6-10-17-16)13(19)26-14(20)25-12(18(22)23)11-7-4-3-5-8-11/h3-5,7-8,12,17H,2,6,9-10H2,1H3/t12?,16-/m1/s1. The molecule has 0 saturated carbocycles. The Morgan fingerprint density at radius 1 is 1.33 bits per heavy atom. The second-order valence-corrected chi connectivity index (χ2v) is 6.68. The molecule has 0 bridgehead atoms. The van der Waals surface area contributed by atoms with Crippen LogP contribution in [-0.2, 0) is 19.0 Å². The van der Waals surface area contributed by atoms with Gasteiger partial charge in [0, 0.05) is 0 Å². The third-order valence-electron chi connectivity index (χ3n) is 3.63. The molecule has 0 spiro atoms. The summed E-state index contributed by atoms with van der Waals surface area (Å²) in [5.74, 6) is -1.07. The maximum absolute atomic E-state index is 12.4. The molecule has 0 radical (unpaired) electrons. The molecule has 1 aromatic rings. The van der Waals surface area contributed by atoms with Gasteiger partial charge in [0.25, 0.3) is 0 Å². The van der Waals surface area contributed by atoms with Crippen molar-refractivity contribution in [2.45, 2.75) is 30.9 Å². The van der Waals surface area contributed by atoms with E-state index in [0.29, 0.717) is 24.7 Å². The Morgan fingerprint density at radius 3 is 2.59 bits per heavy atom. The van der Waals surface area contributed by atoms with Gasteiger partial charge in [0.2, 0.25) is 0 Å². The van der Waals surface area contributed by atoms with Crippen molar-refractivity contribution in [3.8, 4) is 0 Å². The summed E-state index contributed by atoms with van der Waals surface area (Å²) >= 11 is 0.562. The number of benzene rings is 1. The van der Waals surface area contributed by atoms with Crippen LogP contribution in [0.2, 0.25) is 0 Å². The number of carbonyl (C=O) groups excluding carboxylic acids is 3. The monoisotopic (exact) mass is 398 g/mol. The number of nitrogens with zero attached hydrogens (tertiary/aromatic N) is 1. The second kappa shape index (κ2) is 9.33. The van der Waals surface area contributed by atoms with E-state index in [4.69, 9.17) is 9.47 Å². The third kappa shape index (κ3) is 5.41. The Kier molecular flexibility index (Phi) is 7.13. The minimum Gasteiger partial charge on any atom is -0.458 e. The Morgan fingerprint density at radius 2 is 2.04 bits per heavy atom. The van der Waals surface area contributed by atoms with Crippen molar-refractivity contribution >= 4 is 29.2 Å². The highest BCUT2D eigenvalue weighted by Crippen LogP contribution is 2.34. The minimum atomic E-state index is -1.82. The number of rotatable bonds is 6. The predicted molar refractivity (Wildman–Crippen MR) is 93.3 cm³/mol. The van der Waals surface area contributed by atoms with Crippen LogP contribution in [0, 0.1) is 10.1 Å². The zero-order valence-corrected chi connectivity index (χ0v) is 15.2. The van der Waals surface area contributed by atoms with E-state index in [1.807, 2.05) is 0 Å². The highest BCUT2D eigenvalue weighted by molar-refractivity contribution is 8.15. The zero-order chi connectivity index (χ0) is 19.9. The number of esters is 1. The number of ether oxygens (including phenoxy) is 3. The Balaban J connectivity index is 2.05. The van der Waals surface area contributed by atoms with Crippen LogP contribution < -0.4 is 5.32 Å². The number of nitro groups is 1. The summed E-state index contributed by atoms with van der Waals surface area (Å²) < 4.78 is 14.1. The number of thioether (sulfide) groups is 1. The van der Waals surface area contributed by atoms with Crippen LogP contribution >= 0.6 is 11.8 Å². The number of carbonyl (C=O) groups is 3. The van der Waals surface area contributed by atoms with E-state index in [1.165, 1.54) is 12.1 Å². The average molecular weight is 398 g/mol. The van der Waals surface area contributed by atoms with Crippen molar-refractivity contribution in [2.75, 3.05) is 13.2 Å². The molecule has 2 atom stereocenters. The topological polar surface area (TPSA) is 134 Å². The Labute approximate surface area is 158 Å². The Hall–Kier alpha value is -2.66. The van der Waals surface area contributed by atoms with Gasteiger partial charge >= 0.3 is 23.7 Å². The molecule has 0 aliphatic carbocycles. The van der Waals surface area contributed by atoms with Crippen LogP contribution in [0.1, 0.15) is 31.6 Å². The summed E-state index contributed by atoms with van der Waals surface area (Å²) in [6.07, 6.45) is -2.56. The van der Waals surface area contributed by atoms with Crippen LogP contribution in [0.5, 0.6) is 0 Å². The van der Waals surface area contributed by atoms with Gasteiger partial charge in [-0.15, -0.1) is 0 Å². The molecule has 1 saturated heterocycles. The molecule has 1 aliphatic heterocycles. The van der Waals surface area contributed by atoms with Gasteiger partial charge < -0.3 is 14.2 Å². The van der Waals surface area contributed by atoms with Gasteiger partial charge in [-0.25, -0.2) is 14.4 Å². The highest BCUT2D eigenvalue weighted by Gasteiger charge is 2.47. The summed E-state index contributed by atoms with van der Waals surface area (Å²) in [5, 5.41) is 13.3. The number of nitrogens with one attached hydrogen (secondary N) is 1. The SMILES string of the molecule is CCOC(=O)S[C@@]1(C(=O)OC(=O)OC(c2ccccc2)[N+](=O)[O-])CCCN1. The van der Waals surface area contributed by atoms with Crippen molar-refractivity contribution in [1.29, 1.82) is 0 Å². The summed E-state index contributed by atoms with van der Waals surface area (Å²) in [7, 11) is 0. The first-order valence-corrected chi connectivity index (χ1v) is 8.91. The lowest BCUT2D eigenvalue weighted by Gasteiger charge is -2.24. The van der Waals surface area contributed by atoms with Crippen LogP contribution in [0.3, 0.4) is 0 Å². The quantitative estimate of drug-likeness (QED) is 0.250. The summed E-state index contributed by atoms with van der Waals surface area (Å²) in [6, 6.07) is 7.53. The molecule has 1 heterocycles. The molecule has 1 fully saturated rings. The van der Waals surface area contributed by atoms with E-state index in [1.54, 1.807) is 25.1 Å². The predicted octanol–water partition coefficient (Wildman–Crippen LogP) is 2.61. The smallest absolute Gasteiger partial charge is 0.458 e. The van der Waals surface area contributed by atoms with Crippen molar-refractivity contribution in [3.05, 3.63) is 46.0 Å². The maximum atomic E-state index is 12.4. The largest absolute Gasteiger partial charge is 0.521 e. The average Bonchev–Trinajstić information content (AvgIpc) is 3.10. The molecule has 0 aromatic heterocycles. The lowest BCUT2D eigenvalue weighted by molar-refractivity contribution is -0.575. The molecule has 1 N–H and O–H groups in total. The fraction of sp³-hybridized carbons (Fsp3) is 0.438. The van der Waals surface area contributed by atoms with Crippen LogP contribution in [0.25, 0.3) is 0 Å². The van der Waals surface area contributed by atoms with Crippen molar-refractivity contribution < 1.29 is 33.5 Å². The number of hydrogen-bond donors (Lipinski definition) is 1. The second-order valence-electron chi connectivity index (χ2n) is 5.45. The first kappa shape index (κ1) is 20.6. The maximum Gasteiger partial charge on any atom is 0.521 e. The molecule has 27 heavy (non-hydrogen) atoms. The molecule has 1 aliphatic rings. The van der Waals surface area contributed by atoms with Gasteiger partial charge in [-0.2, -0.15) is 0 Å². The molecule has 1 aromatic carbocycles. The molecule has 1 unspecified atom stereocenters. The van der Waals surface area contributed by atoms with Gasteiger partial charge in [-0.1, -0.05) is 18.2 Å². The summed E-state index contributed by atoms with van der Waals surface area (Å²) in [6.45, 7) is 2.17. The fourth-order valence-electron chi connectivity index (χ4n) is 2.43. The van der Waals surface area contributed by atoms with E-state index in [9.17, 15) is 24.5 Å². The van der Waals surface area contributed by atoms with Gasteiger partial charge in [0.05, 0.1) is 17.1 Å². The highest BCUT2D eigenvalue weighted by atomic mass is 32.2. The molecular weight excluding hydrogens is 380 g/mol. The summed E-state index contributed by atoms with van der Waals surface area (Å²) in [5.41, 5.74) is 0.113. The molecular formula is C16H18N2O8S. The molecule has 10 nitrogen and oxygen atoms in total. The third-order valence-corrected chi connectivity index (χ3v) is 4.77. The minimum absolute atomic E-state index is 0.113. The van der Waals surface area contributed by atoms with Crippen LogP contribution in [0.4, 0.5) is 9.59 Å². The van der Waals surface area contributed by atoms with Crippen molar-refractivity contribution in [3.63, 3.8) is 0 Å². The van der Waals surface area contributed by atoms with E-state index in [2.05, 4.69) is 10.1 Å². The van der Waals surface area contributed by atoms with Crippen LogP contribution in [-0.4, -0.2) is 40.4 Å². The lowest BCUT2D eigenvalue weighted by Crippen LogP contribution is -2.47. The van der Waals surface area contributed by atoms with E-state index in [0.717, 1.165) is 0 Å². The summed E-state index contributed by atoms with van der Waals surface area (Å²) in [4.78, 5) is 44.9. The molecule has 0 amide bonds. The molecule has 146 valence electrons. The van der Waals surface area contributed by atoms with E-state index < -0.39 is 33.4 Å². The van der Waals surface area contributed by atoms with Gasteiger partial charge in [-0.3, -0.25) is 15.4 Å². The molecule has 2 rings (SSSR count). The first-order valence-electron chi connectivity index (χ1n) is 8.10. The van der Waals surface area contributed by atoms with Gasteiger partial charge in [0.1, 0.15) is 0 Å².